The molecular formula is B4F. The second-order valence-corrected chi connectivity index (χ2v) is 0.637. The summed E-state index contributed by atoms with van der Waals surface area (Å²) in [7, 11) is 9.77. The smallest absolute Gasteiger partial charge is 0.240 e. The highest BCUT2D eigenvalue weighted by atomic mass is 19.1. The highest BCUT2D eigenvalue weighted by Crippen LogP contribution is 1.62. The van der Waals surface area contributed by atoms with Crippen LogP contribution in [0.1, 0.15) is 0 Å². The van der Waals surface area contributed by atoms with Crippen molar-refractivity contribution >= 4 is 29.3 Å². The molecule has 5 heteroatoms. The lowest BCUT2D eigenvalue weighted by Crippen LogP contribution is -2.16. The van der Waals surface area contributed by atoms with E-state index in [4.69, 9.17) is 0 Å². The van der Waals surface area contributed by atoms with Gasteiger partial charge in [0.25, 0.3) is 0 Å². The Morgan fingerprint density at radius 3 is 2.00 bits per heavy atom. The molecule has 0 atom stereocenters. The molecule has 0 fully saturated rings. The van der Waals surface area contributed by atoms with Crippen LogP contribution < -0.4 is 0 Å². The maximum absolute atomic E-state index is 11.0. The van der Waals surface area contributed by atoms with Crippen molar-refractivity contribution in [2.75, 3.05) is 0 Å². The zero-order chi connectivity index (χ0) is 4.28. The third kappa shape index (κ3) is 4.19. The summed E-state index contributed by atoms with van der Waals surface area (Å²) in [5.41, 5.74) is 0. The third-order valence-corrected chi connectivity index (χ3v) is 0.184. The molecule has 19 valence electrons. The Morgan fingerprint density at radius 1 is 1.80 bits per heavy atom. The van der Waals surface area contributed by atoms with Gasteiger partial charge in [-0.3, -0.25) is 0 Å². The fraction of sp³-hybridized carbons (Fsp3) is 0. The van der Waals surface area contributed by atoms with Crippen molar-refractivity contribution in [1.82, 2.24) is 0 Å². The van der Waals surface area contributed by atoms with E-state index in [0.29, 0.717) is 0 Å². The van der Waals surface area contributed by atoms with Crippen molar-refractivity contribution in [2.45, 2.75) is 0 Å². The zero-order valence-electron chi connectivity index (χ0n) is 2.69. The first-order valence-electron chi connectivity index (χ1n) is 1.22. The largest absolute Gasteiger partial charge is 0.361 e. The molecule has 0 aromatic heterocycles. The summed E-state index contributed by atoms with van der Waals surface area (Å²) in [5, 5.41) is 0. The first-order valence-corrected chi connectivity index (χ1v) is 1.22. The summed E-state index contributed by atoms with van der Waals surface area (Å²) in [6.07, 6.45) is 0. The van der Waals surface area contributed by atoms with Crippen LogP contribution in [-0.2, 0) is 0 Å². The van der Waals surface area contributed by atoms with E-state index in [1.807, 2.05) is 0 Å². The monoisotopic (exact) mass is 63.0 g/mol. The standard InChI is InChI=1S/B4F/c1-3-4(2)5. The lowest BCUT2D eigenvalue weighted by molar-refractivity contribution is 0.883. The Bertz CT molecular complexity index is 17.6. The highest BCUT2D eigenvalue weighted by molar-refractivity contribution is 7.43. The Morgan fingerprint density at radius 2 is 2.00 bits per heavy atom. The van der Waals surface area contributed by atoms with Gasteiger partial charge in [0, 0.05) is 7.74 Å². The van der Waals surface area contributed by atoms with Gasteiger partial charge in [-0.05, 0) is 0 Å². The molecule has 0 nitrogen and oxygen atoms in total. The van der Waals surface area contributed by atoms with Crippen molar-refractivity contribution in [3.05, 3.63) is 0 Å². The predicted octanol–water partition coefficient (Wildman–Crippen LogP) is -1.10. The molecule has 0 rings (SSSR count). The van der Waals surface area contributed by atoms with E-state index in [9.17, 15) is 4.32 Å². The third-order valence-electron chi connectivity index (χ3n) is 0.184. The average molecular weight is 62.2 g/mol. The molecule has 0 bridgehead atoms. The number of rotatable bonds is 1. The Labute approximate surface area is 34.7 Å². The van der Waals surface area contributed by atoms with Gasteiger partial charge in [-0.2, -0.15) is 0 Å². The molecule has 0 aliphatic rings. The quantitative estimate of drug-likeness (QED) is 0.338. The molecule has 0 aliphatic carbocycles. The first kappa shape index (κ1) is 5.19. The van der Waals surface area contributed by atoms with Gasteiger partial charge in [0.1, 0.15) is 0 Å². The summed E-state index contributed by atoms with van der Waals surface area (Å²) < 4.78 is 11.0. The molecule has 0 heterocycles. The first-order chi connectivity index (χ1) is 2.27. The molecular weight excluding hydrogens is 62.2 g/mol. The van der Waals surface area contributed by atoms with E-state index in [2.05, 4.69) is 15.5 Å². The minimum atomic E-state index is -1.46. The van der Waals surface area contributed by atoms with Crippen LogP contribution in [0.5, 0.6) is 0 Å². The van der Waals surface area contributed by atoms with Crippen LogP contribution in [0.2, 0.25) is 0 Å². The molecule has 0 amide bonds. The minimum absolute atomic E-state index is 0.778. The molecule has 5 radical (unpaired) electrons. The minimum Gasteiger partial charge on any atom is -0.361 e. The summed E-state index contributed by atoms with van der Waals surface area (Å²) in [4.78, 5) is 0. The number of halogens is 1. The summed E-state index contributed by atoms with van der Waals surface area (Å²) >= 11 is 0. The topological polar surface area (TPSA) is 0 Å². The van der Waals surface area contributed by atoms with Crippen molar-refractivity contribution in [2.24, 2.45) is 0 Å². The van der Waals surface area contributed by atoms with E-state index < -0.39 is 6.77 Å². The Hall–Kier alpha value is 0.190. The summed E-state index contributed by atoms with van der Waals surface area (Å²) in [5.74, 6) is 0. The second-order valence-electron chi connectivity index (χ2n) is 0.637. The van der Waals surface area contributed by atoms with E-state index in [0.717, 1.165) is 7.06 Å². The second kappa shape index (κ2) is 2.43. The van der Waals surface area contributed by atoms with E-state index >= 15 is 0 Å². The van der Waals surface area contributed by atoms with Crippen LogP contribution in [0.3, 0.4) is 0 Å². The maximum Gasteiger partial charge on any atom is 0.240 e. The van der Waals surface area contributed by atoms with E-state index in [1.165, 1.54) is 0 Å². The summed E-state index contributed by atoms with van der Waals surface area (Å²) in [6, 6.07) is 0. The number of hydrogen-bond acceptors (Lipinski definition) is 0. The van der Waals surface area contributed by atoms with Crippen molar-refractivity contribution < 1.29 is 4.32 Å². The van der Waals surface area contributed by atoms with Gasteiger partial charge in [0.05, 0.1) is 14.8 Å². The Kier molecular flexibility index (Phi) is 2.52. The molecule has 0 aromatic carbocycles. The van der Waals surface area contributed by atoms with Crippen molar-refractivity contribution in [1.29, 1.82) is 0 Å². The normalized spacial score (nSPS) is 6.60. The molecule has 0 unspecified atom stereocenters. The molecule has 0 saturated heterocycles. The molecule has 0 N–H and O–H groups in total. The van der Waals surface area contributed by atoms with Crippen LogP contribution in [-0.4, -0.2) is 29.3 Å². The van der Waals surface area contributed by atoms with Gasteiger partial charge >= 0.3 is 0 Å². The summed E-state index contributed by atoms with van der Waals surface area (Å²) in [6.45, 7) is -1.46. The fourth-order valence-electron chi connectivity index (χ4n) is 0. The van der Waals surface area contributed by atoms with Crippen LogP contribution in [0.25, 0.3) is 0 Å². The lowest BCUT2D eigenvalue weighted by atomic mass is 9.16. The molecule has 0 saturated carbocycles. The fourth-order valence-corrected chi connectivity index (χ4v) is 0. The highest BCUT2D eigenvalue weighted by Gasteiger charge is 1.94. The van der Waals surface area contributed by atoms with Crippen LogP contribution in [0.15, 0.2) is 0 Å². The van der Waals surface area contributed by atoms with Gasteiger partial charge in [-0.25, -0.2) is 0 Å². The van der Waals surface area contributed by atoms with Crippen LogP contribution in [0.4, 0.5) is 4.32 Å². The zero-order valence-corrected chi connectivity index (χ0v) is 2.69. The molecule has 0 aromatic rings. The van der Waals surface area contributed by atoms with Crippen molar-refractivity contribution in [3.8, 4) is 0 Å². The number of hydrogen-bond donors (Lipinski definition) is 0. The lowest BCUT2D eigenvalue weighted by Gasteiger charge is -1.78. The van der Waals surface area contributed by atoms with E-state index in [1.54, 1.807) is 0 Å². The average Bonchev–Trinajstić information content (AvgIpc) is 1.38. The van der Waals surface area contributed by atoms with Gasteiger partial charge in [-0.1, -0.05) is 0 Å². The maximum atomic E-state index is 11.0. The molecule has 0 aliphatic heterocycles. The van der Waals surface area contributed by atoms with Gasteiger partial charge < -0.3 is 4.32 Å². The predicted molar refractivity (Wildman–Crippen MR) is 24.1 cm³/mol. The van der Waals surface area contributed by atoms with Crippen LogP contribution in [0, 0.1) is 0 Å². The van der Waals surface area contributed by atoms with Gasteiger partial charge in [-0.15, -0.1) is 0 Å². The van der Waals surface area contributed by atoms with E-state index in [-0.39, 0.29) is 0 Å². The van der Waals surface area contributed by atoms with Gasteiger partial charge in [0.2, 0.25) is 6.77 Å². The Balaban J connectivity index is 2.54. The molecule has 5 heavy (non-hydrogen) atoms. The van der Waals surface area contributed by atoms with Crippen molar-refractivity contribution in [3.63, 3.8) is 0 Å². The van der Waals surface area contributed by atoms with Crippen LogP contribution >= 0.6 is 0 Å². The SMILES string of the molecule is [B][B]B([B])F. The van der Waals surface area contributed by atoms with Gasteiger partial charge in [0.15, 0.2) is 0 Å². The molecule has 0 spiro atoms.